The first-order chi connectivity index (χ1) is 8.62. The highest BCUT2D eigenvalue weighted by Gasteiger charge is 2.11. The van der Waals surface area contributed by atoms with E-state index in [1.165, 1.54) is 6.42 Å². The summed E-state index contributed by atoms with van der Waals surface area (Å²) in [5.74, 6) is 8.00. The van der Waals surface area contributed by atoms with Gasteiger partial charge < -0.3 is 10.2 Å². The van der Waals surface area contributed by atoms with Crippen LogP contribution in [0.2, 0.25) is 0 Å². The molecule has 0 radical (unpaired) electrons. The molecule has 0 fully saturated rings. The standard InChI is InChI=1S/C13H24N4O/c1-5-7-9(3)8-18-13-10(4)12(17-14)15-11(6-2)16-13/h9H,5-8,14H2,1-4H3,(H,15,16,17). The van der Waals surface area contributed by atoms with Gasteiger partial charge in [-0.1, -0.05) is 27.2 Å². The molecule has 1 aromatic rings. The molecule has 18 heavy (non-hydrogen) atoms. The Morgan fingerprint density at radius 3 is 2.61 bits per heavy atom. The normalized spacial score (nSPS) is 12.3. The molecule has 0 bridgehead atoms. The molecule has 0 aliphatic carbocycles. The Morgan fingerprint density at radius 1 is 1.33 bits per heavy atom. The van der Waals surface area contributed by atoms with Crippen LogP contribution in [0.3, 0.4) is 0 Å². The SMILES string of the molecule is CCCC(C)COc1nc(CC)nc(NN)c1C. The van der Waals surface area contributed by atoms with Crippen molar-refractivity contribution in [1.29, 1.82) is 0 Å². The van der Waals surface area contributed by atoms with E-state index in [0.29, 0.717) is 24.2 Å². The fourth-order valence-corrected chi connectivity index (χ4v) is 1.78. The highest BCUT2D eigenvalue weighted by molar-refractivity contribution is 5.47. The number of hydrogen-bond acceptors (Lipinski definition) is 5. The smallest absolute Gasteiger partial charge is 0.221 e. The molecule has 1 heterocycles. The highest BCUT2D eigenvalue weighted by Crippen LogP contribution is 2.22. The predicted octanol–water partition coefficient (Wildman–Crippen LogP) is 2.45. The van der Waals surface area contributed by atoms with Gasteiger partial charge in [0, 0.05) is 6.42 Å². The first-order valence-electron chi connectivity index (χ1n) is 6.59. The quantitative estimate of drug-likeness (QED) is 0.576. The van der Waals surface area contributed by atoms with E-state index < -0.39 is 0 Å². The lowest BCUT2D eigenvalue weighted by molar-refractivity contribution is 0.240. The minimum atomic E-state index is 0.531. The van der Waals surface area contributed by atoms with Gasteiger partial charge in [-0.25, -0.2) is 10.8 Å². The minimum absolute atomic E-state index is 0.531. The third kappa shape index (κ3) is 3.84. The molecule has 0 aliphatic rings. The average Bonchev–Trinajstić information content (AvgIpc) is 2.38. The molecule has 102 valence electrons. The van der Waals surface area contributed by atoms with Gasteiger partial charge >= 0.3 is 0 Å². The lowest BCUT2D eigenvalue weighted by atomic mass is 10.1. The molecule has 1 aromatic heterocycles. The predicted molar refractivity (Wildman–Crippen MR) is 73.5 cm³/mol. The molecule has 0 saturated carbocycles. The number of rotatable bonds is 7. The van der Waals surface area contributed by atoms with Crippen molar-refractivity contribution >= 4 is 5.82 Å². The number of nitrogens with two attached hydrogens (primary N) is 1. The van der Waals surface area contributed by atoms with Crippen LogP contribution in [-0.4, -0.2) is 16.6 Å². The molecule has 1 atom stereocenters. The molecule has 0 aliphatic heterocycles. The number of aryl methyl sites for hydroxylation is 1. The lowest BCUT2D eigenvalue weighted by Gasteiger charge is -2.15. The Bertz CT molecular complexity index is 381. The fourth-order valence-electron chi connectivity index (χ4n) is 1.78. The van der Waals surface area contributed by atoms with Gasteiger partial charge in [-0.3, -0.25) is 0 Å². The largest absolute Gasteiger partial charge is 0.477 e. The van der Waals surface area contributed by atoms with E-state index in [0.717, 1.165) is 24.2 Å². The molecule has 0 saturated heterocycles. The second kappa shape index (κ2) is 7.16. The van der Waals surface area contributed by atoms with Gasteiger partial charge in [0.1, 0.15) is 11.6 Å². The van der Waals surface area contributed by atoms with Crippen LogP contribution in [0.4, 0.5) is 5.82 Å². The summed E-state index contributed by atoms with van der Waals surface area (Å²) in [4.78, 5) is 8.71. The van der Waals surface area contributed by atoms with Gasteiger partial charge in [0.15, 0.2) is 0 Å². The van der Waals surface area contributed by atoms with Crippen molar-refractivity contribution in [2.45, 2.75) is 47.0 Å². The third-order valence-electron chi connectivity index (χ3n) is 2.89. The summed E-state index contributed by atoms with van der Waals surface area (Å²) in [5.41, 5.74) is 3.45. The van der Waals surface area contributed by atoms with Crippen LogP contribution in [0.25, 0.3) is 0 Å². The Hall–Kier alpha value is -1.36. The summed E-state index contributed by atoms with van der Waals surface area (Å²) in [6.45, 7) is 8.96. The molecule has 0 spiro atoms. The number of nitrogen functional groups attached to an aromatic ring is 1. The van der Waals surface area contributed by atoms with E-state index in [-0.39, 0.29) is 0 Å². The fraction of sp³-hybridized carbons (Fsp3) is 0.692. The van der Waals surface area contributed by atoms with E-state index in [1.54, 1.807) is 0 Å². The molecule has 5 heteroatoms. The first-order valence-corrected chi connectivity index (χ1v) is 6.59. The average molecular weight is 252 g/mol. The van der Waals surface area contributed by atoms with Crippen molar-refractivity contribution in [3.05, 3.63) is 11.4 Å². The Morgan fingerprint density at radius 2 is 2.06 bits per heavy atom. The third-order valence-corrected chi connectivity index (χ3v) is 2.89. The molecular formula is C13H24N4O. The highest BCUT2D eigenvalue weighted by atomic mass is 16.5. The summed E-state index contributed by atoms with van der Waals surface area (Å²) in [6, 6.07) is 0. The van der Waals surface area contributed by atoms with E-state index >= 15 is 0 Å². The molecule has 1 unspecified atom stereocenters. The van der Waals surface area contributed by atoms with Gasteiger partial charge in [-0.2, -0.15) is 4.98 Å². The molecular weight excluding hydrogens is 228 g/mol. The maximum atomic E-state index is 5.79. The van der Waals surface area contributed by atoms with Gasteiger partial charge in [0.2, 0.25) is 5.88 Å². The van der Waals surface area contributed by atoms with Crippen molar-refractivity contribution in [3.63, 3.8) is 0 Å². The second-order valence-corrected chi connectivity index (χ2v) is 4.62. The minimum Gasteiger partial charge on any atom is -0.477 e. The van der Waals surface area contributed by atoms with Crippen molar-refractivity contribution in [1.82, 2.24) is 9.97 Å². The van der Waals surface area contributed by atoms with E-state index in [4.69, 9.17) is 10.6 Å². The molecule has 1 rings (SSSR count). The van der Waals surface area contributed by atoms with Gasteiger partial charge in [-0.15, -0.1) is 0 Å². The molecule has 5 nitrogen and oxygen atoms in total. The van der Waals surface area contributed by atoms with E-state index in [1.807, 2.05) is 13.8 Å². The number of nitrogens with zero attached hydrogens (tertiary/aromatic N) is 2. The van der Waals surface area contributed by atoms with Gasteiger partial charge in [0.25, 0.3) is 0 Å². The van der Waals surface area contributed by atoms with Gasteiger partial charge in [-0.05, 0) is 19.3 Å². The van der Waals surface area contributed by atoms with Gasteiger partial charge in [0.05, 0.1) is 12.2 Å². The summed E-state index contributed by atoms with van der Waals surface area (Å²) < 4.78 is 5.79. The number of hydrazine groups is 1. The lowest BCUT2D eigenvalue weighted by Crippen LogP contribution is -2.15. The van der Waals surface area contributed by atoms with Crippen molar-refractivity contribution in [3.8, 4) is 5.88 Å². The zero-order chi connectivity index (χ0) is 13.5. The Kier molecular flexibility index (Phi) is 5.85. The van der Waals surface area contributed by atoms with E-state index in [9.17, 15) is 0 Å². The van der Waals surface area contributed by atoms with Crippen LogP contribution in [0, 0.1) is 12.8 Å². The summed E-state index contributed by atoms with van der Waals surface area (Å²) >= 11 is 0. The number of nitrogens with one attached hydrogen (secondary N) is 1. The summed E-state index contributed by atoms with van der Waals surface area (Å²) in [7, 11) is 0. The van der Waals surface area contributed by atoms with Crippen LogP contribution < -0.4 is 16.0 Å². The topological polar surface area (TPSA) is 73.1 Å². The van der Waals surface area contributed by atoms with Crippen LogP contribution >= 0.6 is 0 Å². The van der Waals surface area contributed by atoms with Crippen molar-refractivity contribution in [2.75, 3.05) is 12.0 Å². The second-order valence-electron chi connectivity index (χ2n) is 4.62. The molecule has 3 N–H and O–H groups in total. The van der Waals surface area contributed by atoms with Crippen LogP contribution in [0.5, 0.6) is 5.88 Å². The zero-order valence-electron chi connectivity index (χ0n) is 11.8. The zero-order valence-corrected chi connectivity index (χ0v) is 11.8. The van der Waals surface area contributed by atoms with Crippen LogP contribution in [0.15, 0.2) is 0 Å². The number of ether oxygens (including phenoxy) is 1. The van der Waals surface area contributed by atoms with E-state index in [2.05, 4.69) is 29.2 Å². The number of aromatic nitrogens is 2. The molecule has 0 aromatic carbocycles. The van der Waals surface area contributed by atoms with Crippen molar-refractivity contribution in [2.24, 2.45) is 11.8 Å². The maximum absolute atomic E-state index is 5.79. The summed E-state index contributed by atoms with van der Waals surface area (Å²) in [6.07, 6.45) is 3.09. The summed E-state index contributed by atoms with van der Waals surface area (Å²) in [5, 5.41) is 0. The van der Waals surface area contributed by atoms with Crippen molar-refractivity contribution < 1.29 is 4.74 Å². The first kappa shape index (κ1) is 14.7. The Balaban J connectivity index is 2.80. The number of hydrogen-bond donors (Lipinski definition) is 2. The number of anilines is 1. The Labute approximate surface area is 109 Å². The van der Waals surface area contributed by atoms with Crippen LogP contribution in [-0.2, 0) is 6.42 Å². The maximum Gasteiger partial charge on any atom is 0.221 e. The monoisotopic (exact) mass is 252 g/mol. The van der Waals surface area contributed by atoms with Crippen LogP contribution in [0.1, 0.15) is 45.0 Å². The molecule has 0 amide bonds.